The first kappa shape index (κ1) is 19.3. The first-order valence-corrected chi connectivity index (χ1v) is 11.1. The van der Waals surface area contributed by atoms with E-state index in [0.29, 0.717) is 32.1 Å². The zero-order valence-electron chi connectivity index (χ0n) is 14.5. The van der Waals surface area contributed by atoms with E-state index in [2.05, 4.69) is 20.9 Å². The minimum Gasteiger partial charge on any atom is -0.303 e. The number of halogens is 3. The minimum absolute atomic E-state index is 0.00786. The van der Waals surface area contributed by atoms with Gasteiger partial charge in [-0.15, -0.1) is 0 Å². The SMILES string of the molecule is Cc1cc(Br)cc(F)c1-c1nc2cc(Cl)ccn2c1CC(=O)C=S(C)C. The van der Waals surface area contributed by atoms with E-state index in [9.17, 15) is 9.18 Å². The summed E-state index contributed by atoms with van der Waals surface area (Å²) >= 11 is 9.39. The summed E-state index contributed by atoms with van der Waals surface area (Å²) in [5.41, 5.74) is 2.87. The van der Waals surface area contributed by atoms with Crippen molar-refractivity contribution >= 4 is 54.8 Å². The van der Waals surface area contributed by atoms with Crippen molar-refractivity contribution in [2.45, 2.75) is 13.3 Å². The molecule has 0 saturated heterocycles. The summed E-state index contributed by atoms with van der Waals surface area (Å²) in [6.07, 6.45) is 5.87. The van der Waals surface area contributed by atoms with Crippen LogP contribution in [-0.4, -0.2) is 33.0 Å². The lowest BCUT2D eigenvalue weighted by molar-refractivity contribution is -0.111. The van der Waals surface area contributed by atoms with Gasteiger partial charge in [-0.25, -0.2) is 9.37 Å². The summed E-state index contributed by atoms with van der Waals surface area (Å²) in [5.74, 6) is -0.388. The van der Waals surface area contributed by atoms with Gasteiger partial charge in [0, 0.05) is 32.7 Å². The van der Waals surface area contributed by atoms with Gasteiger partial charge in [0.15, 0.2) is 5.78 Å². The molecule has 0 fully saturated rings. The van der Waals surface area contributed by atoms with Gasteiger partial charge >= 0.3 is 0 Å². The van der Waals surface area contributed by atoms with Crippen LogP contribution in [0.15, 0.2) is 34.9 Å². The lowest BCUT2D eigenvalue weighted by atomic mass is 10.0. The third-order valence-corrected chi connectivity index (χ3v) is 5.31. The Morgan fingerprint density at radius 2 is 2.12 bits per heavy atom. The van der Waals surface area contributed by atoms with E-state index in [1.807, 2.05) is 25.5 Å². The van der Waals surface area contributed by atoms with Crippen LogP contribution < -0.4 is 0 Å². The van der Waals surface area contributed by atoms with Gasteiger partial charge in [-0.3, -0.25) is 4.79 Å². The summed E-state index contributed by atoms with van der Waals surface area (Å²) in [4.78, 5) is 17.0. The van der Waals surface area contributed by atoms with Gasteiger partial charge in [-0.1, -0.05) is 27.5 Å². The van der Waals surface area contributed by atoms with Crippen LogP contribution in [0.25, 0.3) is 16.9 Å². The Morgan fingerprint density at radius 3 is 2.77 bits per heavy atom. The number of aromatic nitrogens is 2. The topological polar surface area (TPSA) is 34.4 Å². The molecule has 3 aromatic rings. The van der Waals surface area contributed by atoms with E-state index >= 15 is 0 Å². The highest BCUT2D eigenvalue weighted by atomic mass is 79.9. The van der Waals surface area contributed by atoms with Gasteiger partial charge in [-0.05, 0) is 43.2 Å². The Morgan fingerprint density at radius 1 is 1.38 bits per heavy atom. The van der Waals surface area contributed by atoms with E-state index in [0.717, 1.165) is 5.56 Å². The fraction of sp³-hybridized carbons (Fsp3) is 0.211. The quantitative estimate of drug-likeness (QED) is 0.500. The Balaban J connectivity index is 2.26. The van der Waals surface area contributed by atoms with Gasteiger partial charge in [-0.2, -0.15) is 10.5 Å². The molecule has 0 aliphatic rings. The Bertz CT molecular complexity index is 1030. The van der Waals surface area contributed by atoms with Crippen molar-refractivity contribution in [3.8, 4) is 11.3 Å². The molecule has 7 heteroatoms. The molecule has 0 saturated carbocycles. The van der Waals surface area contributed by atoms with Gasteiger partial charge in [0.05, 0.1) is 17.8 Å². The Hall–Kier alpha value is -1.50. The van der Waals surface area contributed by atoms with Crippen LogP contribution in [0.1, 0.15) is 11.3 Å². The second-order valence-corrected chi connectivity index (χ2v) is 9.55. The molecule has 136 valence electrons. The van der Waals surface area contributed by atoms with Crippen molar-refractivity contribution in [2.24, 2.45) is 0 Å². The highest BCUT2D eigenvalue weighted by molar-refractivity contribution is 9.10. The lowest BCUT2D eigenvalue weighted by Gasteiger charge is -2.09. The molecule has 0 bridgehead atoms. The number of ketones is 1. The van der Waals surface area contributed by atoms with Crippen molar-refractivity contribution in [3.63, 3.8) is 0 Å². The summed E-state index contributed by atoms with van der Waals surface area (Å²) in [6, 6.07) is 6.68. The summed E-state index contributed by atoms with van der Waals surface area (Å²) in [7, 11) is -0.113. The standard InChI is InChI=1S/C19H17BrClFN2OS/c1-11-6-12(20)7-15(22)18(11)19-16(9-14(25)10-26(2)3)24-5-4-13(21)8-17(24)23-19/h4-8,10H,9H2,1-3H3. The maximum absolute atomic E-state index is 14.7. The normalized spacial score (nSPS) is 11.3. The number of carbonyl (C=O) groups is 1. The Labute approximate surface area is 167 Å². The molecule has 2 aromatic heterocycles. The van der Waals surface area contributed by atoms with Gasteiger partial charge < -0.3 is 4.40 Å². The molecular weight excluding hydrogens is 439 g/mol. The zero-order valence-corrected chi connectivity index (χ0v) is 17.7. The first-order chi connectivity index (χ1) is 12.3. The average molecular weight is 456 g/mol. The molecule has 2 heterocycles. The van der Waals surface area contributed by atoms with Crippen molar-refractivity contribution in [1.29, 1.82) is 0 Å². The number of hydrogen-bond acceptors (Lipinski definition) is 2. The van der Waals surface area contributed by atoms with E-state index in [1.165, 1.54) is 6.07 Å². The smallest absolute Gasteiger partial charge is 0.167 e. The number of rotatable bonds is 4. The van der Waals surface area contributed by atoms with Crippen LogP contribution >= 0.6 is 38.0 Å². The molecule has 0 aliphatic carbocycles. The van der Waals surface area contributed by atoms with Crippen molar-refractivity contribution in [1.82, 2.24) is 9.38 Å². The number of fused-ring (bicyclic) bond motifs is 1. The van der Waals surface area contributed by atoms with Gasteiger partial charge in [0.2, 0.25) is 0 Å². The van der Waals surface area contributed by atoms with Crippen molar-refractivity contribution in [2.75, 3.05) is 12.5 Å². The first-order valence-electron chi connectivity index (χ1n) is 7.83. The monoisotopic (exact) mass is 454 g/mol. The summed E-state index contributed by atoms with van der Waals surface area (Å²) in [5, 5.41) is 2.24. The number of imidazole rings is 1. The third-order valence-electron chi connectivity index (χ3n) is 3.88. The molecule has 0 atom stereocenters. The van der Waals surface area contributed by atoms with Crippen LogP contribution in [0.2, 0.25) is 5.02 Å². The maximum atomic E-state index is 14.7. The molecule has 0 amide bonds. The zero-order chi connectivity index (χ0) is 19.0. The molecule has 0 unspecified atom stereocenters. The number of pyridine rings is 1. The summed E-state index contributed by atoms with van der Waals surface area (Å²) in [6.45, 7) is 1.83. The summed E-state index contributed by atoms with van der Waals surface area (Å²) < 4.78 is 17.2. The molecule has 26 heavy (non-hydrogen) atoms. The van der Waals surface area contributed by atoms with E-state index in [-0.39, 0.29) is 28.5 Å². The largest absolute Gasteiger partial charge is 0.303 e. The van der Waals surface area contributed by atoms with Crippen LogP contribution in [0, 0.1) is 12.7 Å². The van der Waals surface area contributed by atoms with Crippen molar-refractivity contribution < 1.29 is 9.18 Å². The highest BCUT2D eigenvalue weighted by Gasteiger charge is 2.21. The lowest BCUT2D eigenvalue weighted by Crippen LogP contribution is -2.08. The molecule has 0 radical (unpaired) electrons. The molecule has 1 aromatic carbocycles. The number of nitrogens with zero attached hydrogens (tertiary/aromatic N) is 2. The third kappa shape index (κ3) is 3.92. The number of benzene rings is 1. The van der Waals surface area contributed by atoms with Crippen LogP contribution in [0.3, 0.4) is 0 Å². The molecule has 0 N–H and O–H groups in total. The number of Topliss-reactive ketones (excluding diaryl/α,β-unsaturated/α-hetero) is 1. The fourth-order valence-corrected chi connectivity index (χ4v) is 4.22. The van der Waals surface area contributed by atoms with Crippen molar-refractivity contribution in [3.05, 3.63) is 57.0 Å². The maximum Gasteiger partial charge on any atom is 0.167 e. The second kappa shape index (κ2) is 7.62. The van der Waals surface area contributed by atoms with Crippen LogP contribution in [0.4, 0.5) is 4.39 Å². The molecule has 3 rings (SSSR count). The van der Waals surface area contributed by atoms with Crippen LogP contribution in [0.5, 0.6) is 0 Å². The minimum atomic E-state index is -0.380. The fourth-order valence-electron chi connectivity index (χ4n) is 2.91. The molecule has 0 spiro atoms. The second-order valence-electron chi connectivity index (χ2n) is 6.20. The number of hydrogen-bond donors (Lipinski definition) is 0. The van der Waals surface area contributed by atoms with Crippen LogP contribution in [-0.2, 0) is 11.2 Å². The average Bonchev–Trinajstić information content (AvgIpc) is 2.82. The number of carbonyl (C=O) groups excluding carboxylic acids is 1. The molecular formula is C19H17BrClFN2OS. The van der Waals surface area contributed by atoms with E-state index in [1.54, 1.807) is 28.1 Å². The Kier molecular flexibility index (Phi) is 5.65. The van der Waals surface area contributed by atoms with E-state index < -0.39 is 0 Å². The van der Waals surface area contributed by atoms with Gasteiger partial charge in [0.1, 0.15) is 11.5 Å². The predicted octanol–water partition coefficient (Wildman–Crippen LogP) is 5.31. The number of aryl methyl sites for hydroxylation is 1. The molecule has 0 aliphatic heterocycles. The van der Waals surface area contributed by atoms with Gasteiger partial charge in [0.25, 0.3) is 0 Å². The highest BCUT2D eigenvalue weighted by Crippen LogP contribution is 2.33. The molecule has 3 nitrogen and oxygen atoms in total. The predicted molar refractivity (Wildman–Crippen MR) is 112 cm³/mol. The van der Waals surface area contributed by atoms with E-state index in [4.69, 9.17) is 11.6 Å².